The molecule has 3 nitrogen and oxygen atoms in total. The molecular weight excluding hydrogens is 286 g/mol. The summed E-state index contributed by atoms with van der Waals surface area (Å²) < 4.78 is 1.25. The van der Waals surface area contributed by atoms with Crippen molar-refractivity contribution in [2.45, 2.75) is 32.9 Å². The van der Waals surface area contributed by atoms with Gasteiger partial charge in [0.2, 0.25) is 0 Å². The zero-order valence-electron chi connectivity index (χ0n) is 11.6. The van der Waals surface area contributed by atoms with Crippen LogP contribution in [0.15, 0.2) is 29.1 Å². The monoisotopic (exact) mass is 303 g/mol. The quantitative estimate of drug-likeness (QED) is 0.769. The van der Waals surface area contributed by atoms with Gasteiger partial charge in [0.25, 0.3) is 0 Å². The first kappa shape index (κ1) is 13.7. The van der Waals surface area contributed by atoms with Gasteiger partial charge >= 0.3 is 0 Å². The van der Waals surface area contributed by atoms with E-state index in [0.29, 0.717) is 0 Å². The lowest BCUT2D eigenvalue weighted by molar-refractivity contribution is 0.568. The number of rotatable bonds is 5. The van der Waals surface area contributed by atoms with Gasteiger partial charge in [0, 0.05) is 24.2 Å². The molecule has 0 aliphatic heterocycles. The zero-order valence-corrected chi connectivity index (χ0v) is 13.2. The lowest BCUT2D eigenvalue weighted by atomic mass is 10.1. The minimum absolute atomic E-state index is 0.278. The Labute approximate surface area is 126 Å². The third kappa shape index (κ3) is 2.90. The number of aromatic nitrogens is 2. The van der Waals surface area contributed by atoms with E-state index in [1.54, 1.807) is 22.7 Å². The normalized spacial score (nSPS) is 12.9. The van der Waals surface area contributed by atoms with Crippen molar-refractivity contribution < 1.29 is 0 Å². The van der Waals surface area contributed by atoms with E-state index in [1.807, 2.05) is 6.20 Å². The van der Waals surface area contributed by atoms with Crippen molar-refractivity contribution in [3.8, 4) is 0 Å². The Morgan fingerprint density at radius 3 is 3.05 bits per heavy atom. The standard InChI is InChI=1S/C15H17N3S2/c1-3-15-18-12(9-20-15)8-16-10(2)11-6-14-13(17-7-11)4-5-19-14/h4-7,9-10,16H,3,8H2,1-2H3/t10-/m1/s1. The molecule has 0 aromatic carbocycles. The second-order valence-electron chi connectivity index (χ2n) is 4.76. The molecule has 3 heterocycles. The number of aryl methyl sites for hydroxylation is 1. The lowest BCUT2D eigenvalue weighted by Gasteiger charge is -2.13. The number of pyridine rings is 1. The first-order valence-corrected chi connectivity index (χ1v) is 8.52. The van der Waals surface area contributed by atoms with Crippen LogP contribution in [0.5, 0.6) is 0 Å². The summed E-state index contributed by atoms with van der Waals surface area (Å²) in [5, 5.41) is 8.95. The molecule has 0 amide bonds. The summed E-state index contributed by atoms with van der Waals surface area (Å²) in [6.45, 7) is 5.12. The molecule has 0 saturated carbocycles. The topological polar surface area (TPSA) is 37.8 Å². The molecule has 104 valence electrons. The van der Waals surface area contributed by atoms with Gasteiger partial charge < -0.3 is 5.32 Å². The van der Waals surface area contributed by atoms with Crippen LogP contribution in [0.1, 0.15) is 36.2 Å². The van der Waals surface area contributed by atoms with Crippen molar-refractivity contribution in [1.82, 2.24) is 15.3 Å². The Hall–Kier alpha value is -1.30. The van der Waals surface area contributed by atoms with Crippen LogP contribution >= 0.6 is 22.7 Å². The highest BCUT2D eigenvalue weighted by Gasteiger charge is 2.08. The summed E-state index contributed by atoms with van der Waals surface area (Å²) in [5.41, 5.74) is 3.44. The molecule has 1 N–H and O–H groups in total. The number of thiophene rings is 1. The van der Waals surface area contributed by atoms with E-state index in [0.717, 1.165) is 24.2 Å². The number of hydrogen-bond acceptors (Lipinski definition) is 5. The maximum absolute atomic E-state index is 4.58. The maximum atomic E-state index is 4.58. The smallest absolute Gasteiger partial charge is 0.0926 e. The van der Waals surface area contributed by atoms with Crippen LogP contribution in [0.3, 0.4) is 0 Å². The van der Waals surface area contributed by atoms with E-state index in [9.17, 15) is 0 Å². The summed E-state index contributed by atoms with van der Waals surface area (Å²) in [6, 6.07) is 4.56. The van der Waals surface area contributed by atoms with E-state index >= 15 is 0 Å². The molecule has 0 radical (unpaired) electrons. The Morgan fingerprint density at radius 1 is 1.35 bits per heavy atom. The highest BCUT2D eigenvalue weighted by Crippen LogP contribution is 2.22. The van der Waals surface area contributed by atoms with Crippen LogP contribution in [0.25, 0.3) is 10.2 Å². The van der Waals surface area contributed by atoms with Gasteiger partial charge in [-0.25, -0.2) is 4.98 Å². The third-order valence-electron chi connectivity index (χ3n) is 3.31. The fourth-order valence-electron chi connectivity index (χ4n) is 2.07. The molecule has 3 aromatic heterocycles. The average Bonchev–Trinajstić information content (AvgIpc) is 3.12. The molecule has 0 spiro atoms. The van der Waals surface area contributed by atoms with Gasteiger partial charge in [-0.1, -0.05) is 6.92 Å². The second-order valence-corrected chi connectivity index (χ2v) is 6.65. The van der Waals surface area contributed by atoms with E-state index in [4.69, 9.17) is 0 Å². The molecular formula is C15H17N3S2. The van der Waals surface area contributed by atoms with Crippen LogP contribution in [0.2, 0.25) is 0 Å². The van der Waals surface area contributed by atoms with Gasteiger partial charge in [0.15, 0.2) is 0 Å². The van der Waals surface area contributed by atoms with E-state index < -0.39 is 0 Å². The summed E-state index contributed by atoms with van der Waals surface area (Å²) in [7, 11) is 0. The average molecular weight is 303 g/mol. The Kier molecular flexibility index (Phi) is 4.10. The van der Waals surface area contributed by atoms with Crippen molar-refractivity contribution in [3.05, 3.63) is 45.4 Å². The minimum atomic E-state index is 0.278. The maximum Gasteiger partial charge on any atom is 0.0926 e. The number of nitrogens with one attached hydrogen (secondary N) is 1. The van der Waals surface area contributed by atoms with Crippen LogP contribution in [-0.4, -0.2) is 9.97 Å². The second kappa shape index (κ2) is 5.99. The zero-order chi connectivity index (χ0) is 13.9. The van der Waals surface area contributed by atoms with Crippen molar-refractivity contribution in [2.75, 3.05) is 0 Å². The van der Waals surface area contributed by atoms with Gasteiger partial charge in [0.05, 0.1) is 20.9 Å². The number of fused-ring (bicyclic) bond motifs is 1. The molecule has 0 aliphatic carbocycles. The van der Waals surface area contributed by atoms with Gasteiger partial charge in [-0.3, -0.25) is 4.98 Å². The third-order valence-corrected chi connectivity index (χ3v) is 5.21. The number of hydrogen-bond donors (Lipinski definition) is 1. The minimum Gasteiger partial charge on any atom is -0.304 e. The van der Waals surface area contributed by atoms with Crippen molar-refractivity contribution in [3.63, 3.8) is 0 Å². The van der Waals surface area contributed by atoms with E-state index in [1.165, 1.54) is 15.3 Å². The van der Waals surface area contributed by atoms with Crippen molar-refractivity contribution in [1.29, 1.82) is 0 Å². The van der Waals surface area contributed by atoms with Crippen LogP contribution in [0, 0.1) is 0 Å². The summed E-state index contributed by atoms with van der Waals surface area (Å²) in [5.74, 6) is 0. The molecule has 0 saturated heterocycles. The fraction of sp³-hybridized carbons (Fsp3) is 0.333. The molecule has 3 rings (SSSR count). The van der Waals surface area contributed by atoms with Crippen LogP contribution in [0.4, 0.5) is 0 Å². The molecule has 0 aliphatic rings. The SMILES string of the molecule is CCc1nc(CN[C@H](C)c2cnc3ccsc3c2)cs1. The van der Waals surface area contributed by atoms with Gasteiger partial charge in [-0.05, 0) is 36.4 Å². The summed E-state index contributed by atoms with van der Waals surface area (Å²) in [6.07, 6.45) is 2.98. The van der Waals surface area contributed by atoms with Crippen LogP contribution in [-0.2, 0) is 13.0 Å². The Balaban J connectivity index is 1.67. The molecule has 3 aromatic rings. The predicted molar refractivity (Wildman–Crippen MR) is 86.4 cm³/mol. The molecule has 0 bridgehead atoms. The van der Waals surface area contributed by atoms with Gasteiger partial charge in [-0.2, -0.15) is 0 Å². The first-order valence-electron chi connectivity index (χ1n) is 6.76. The molecule has 20 heavy (non-hydrogen) atoms. The first-order chi connectivity index (χ1) is 9.76. The van der Waals surface area contributed by atoms with Gasteiger partial charge in [0.1, 0.15) is 0 Å². The van der Waals surface area contributed by atoms with E-state index in [2.05, 4.69) is 52.0 Å². The number of thiazole rings is 1. The Bertz CT molecular complexity index is 702. The van der Waals surface area contributed by atoms with Crippen molar-refractivity contribution >= 4 is 32.9 Å². The van der Waals surface area contributed by atoms with E-state index in [-0.39, 0.29) is 6.04 Å². The van der Waals surface area contributed by atoms with Crippen molar-refractivity contribution in [2.24, 2.45) is 0 Å². The molecule has 5 heteroatoms. The number of nitrogens with zero attached hydrogens (tertiary/aromatic N) is 2. The summed E-state index contributed by atoms with van der Waals surface area (Å²) in [4.78, 5) is 9.07. The highest BCUT2D eigenvalue weighted by atomic mass is 32.1. The predicted octanol–water partition coefficient (Wildman–Crippen LogP) is 4.17. The fourth-order valence-corrected chi connectivity index (χ4v) is 3.60. The molecule has 0 unspecified atom stereocenters. The lowest BCUT2D eigenvalue weighted by Crippen LogP contribution is -2.18. The molecule has 0 fully saturated rings. The summed E-state index contributed by atoms with van der Waals surface area (Å²) >= 11 is 3.48. The Morgan fingerprint density at radius 2 is 2.25 bits per heavy atom. The van der Waals surface area contributed by atoms with Crippen LogP contribution < -0.4 is 5.32 Å². The van der Waals surface area contributed by atoms with Gasteiger partial charge in [-0.15, -0.1) is 22.7 Å². The molecule has 1 atom stereocenters. The highest BCUT2D eigenvalue weighted by molar-refractivity contribution is 7.17. The largest absolute Gasteiger partial charge is 0.304 e.